The highest BCUT2D eigenvalue weighted by atomic mass is 35.5. The highest BCUT2D eigenvalue weighted by Crippen LogP contribution is 2.28. The van der Waals surface area contributed by atoms with E-state index < -0.39 is 0 Å². The fourth-order valence-corrected chi connectivity index (χ4v) is 2.59. The van der Waals surface area contributed by atoms with Crippen molar-refractivity contribution in [1.82, 2.24) is 0 Å². The van der Waals surface area contributed by atoms with Crippen LogP contribution in [0.3, 0.4) is 0 Å². The van der Waals surface area contributed by atoms with Gasteiger partial charge >= 0.3 is 0 Å². The number of hydrogen-bond donors (Lipinski definition) is 1. The first-order valence-corrected chi connectivity index (χ1v) is 6.51. The van der Waals surface area contributed by atoms with Crippen LogP contribution in [0.15, 0.2) is 18.2 Å². The summed E-state index contributed by atoms with van der Waals surface area (Å²) in [4.78, 5) is 0. The predicted molar refractivity (Wildman–Crippen MR) is 72.9 cm³/mol. The van der Waals surface area contributed by atoms with Gasteiger partial charge in [-0.05, 0) is 57.4 Å². The summed E-state index contributed by atoms with van der Waals surface area (Å²) in [6, 6.07) is 6.47. The summed E-state index contributed by atoms with van der Waals surface area (Å²) in [6.07, 6.45) is 2.10. The van der Waals surface area contributed by atoms with E-state index in [1.165, 1.54) is 11.3 Å². The molecule has 1 aliphatic heterocycles. The lowest BCUT2D eigenvalue weighted by Crippen LogP contribution is -2.40. The summed E-state index contributed by atoms with van der Waals surface area (Å²) in [5.74, 6) is 0. The molecule has 1 aromatic carbocycles. The Morgan fingerprint density at radius 1 is 1.41 bits per heavy atom. The van der Waals surface area contributed by atoms with E-state index in [0.717, 1.165) is 24.5 Å². The number of benzene rings is 1. The molecule has 1 N–H and O–H groups in total. The third-order valence-electron chi connectivity index (χ3n) is 3.25. The molecule has 0 radical (unpaired) electrons. The van der Waals surface area contributed by atoms with E-state index in [1.807, 2.05) is 12.1 Å². The Kier molecular flexibility index (Phi) is 3.64. The molecular formula is C14H20ClNO. The lowest BCUT2D eigenvalue weighted by Gasteiger charge is -2.36. The van der Waals surface area contributed by atoms with Gasteiger partial charge in [0.25, 0.3) is 0 Å². The van der Waals surface area contributed by atoms with Crippen LogP contribution in [-0.2, 0) is 4.74 Å². The van der Waals surface area contributed by atoms with Crippen LogP contribution < -0.4 is 5.32 Å². The SMILES string of the molecule is Cc1cc(Cl)ccc1NC1CCOC(C)(C)C1. The van der Waals surface area contributed by atoms with E-state index in [0.29, 0.717) is 6.04 Å². The molecule has 0 saturated carbocycles. The van der Waals surface area contributed by atoms with Crippen LogP contribution in [0.1, 0.15) is 32.3 Å². The van der Waals surface area contributed by atoms with Crippen molar-refractivity contribution in [1.29, 1.82) is 0 Å². The first-order valence-electron chi connectivity index (χ1n) is 6.13. The average molecular weight is 254 g/mol. The number of ether oxygens (including phenoxy) is 1. The van der Waals surface area contributed by atoms with E-state index >= 15 is 0 Å². The molecule has 0 spiro atoms. The van der Waals surface area contributed by atoms with Crippen molar-refractivity contribution < 1.29 is 4.74 Å². The number of hydrogen-bond acceptors (Lipinski definition) is 2. The van der Waals surface area contributed by atoms with Crippen LogP contribution in [0.2, 0.25) is 5.02 Å². The van der Waals surface area contributed by atoms with Crippen molar-refractivity contribution in [2.75, 3.05) is 11.9 Å². The van der Waals surface area contributed by atoms with Crippen molar-refractivity contribution in [3.8, 4) is 0 Å². The molecule has 1 atom stereocenters. The average Bonchev–Trinajstić information content (AvgIpc) is 2.21. The summed E-state index contributed by atoms with van der Waals surface area (Å²) in [6.45, 7) is 7.21. The molecule has 94 valence electrons. The summed E-state index contributed by atoms with van der Waals surface area (Å²) in [5.41, 5.74) is 2.36. The standard InChI is InChI=1S/C14H20ClNO/c1-10-8-11(15)4-5-13(10)16-12-6-7-17-14(2,3)9-12/h4-5,8,12,16H,6-7,9H2,1-3H3. The Balaban J connectivity index is 2.05. The minimum absolute atomic E-state index is 0.0176. The van der Waals surface area contributed by atoms with Crippen LogP contribution in [0.4, 0.5) is 5.69 Å². The molecule has 3 heteroatoms. The largest absolute Gasteiger partial charge is 0.382 e. The molecule has 1 aromatic rings. The Morgan fingerprint density at radius 3 is 2.82 bits per heavy atom. The van der Waals surface area contributed by atoms with Gasteiger partial charge < -0.3 is 10.1 Å². The van der Waals surface area contributed by atoms with Gasteiger partial charge in [0.05, 0.1) is 5.60 Å². The van der Waals surface area contributed by atoms with Crippen molar-refractivity contribution >= 4 is 17.3 Å². The van der Waals surface area contributed by atoms with Crippen LogP contribution >= 0.6 is 11.6 Å². The van der Waals surface area contributed by atoms with Crippen LogP contribution in [0.5, 0.6) is 0 Å². The van der Waals surface area contributed by atoms with E-state index in [1.54, 1.807) is 0 Å². The van der Waals surface area contributed by atoms with Gasteiger partial charge in [-0.3, -0.25) is 0 Å². The second-order valence-corrected chi connectivity index (χ2v) is 5.84. The van der Waals surface area contributed by atoms with E-state index in [-0.39, 0.29) is 5.60 Å². The molecule has 0 aliphatic carbocycles. The van der Waals surface area contributed by atoms with Crippen molar-refractivity contribution in [2.45, 2.75) is 45.3 Å². The number of rotatable bonds is 2. The summed E-state index contributed by atoms with van der Waals surface area (Å²) in [5, 5.41) is 4.39. The first kappa shape index (κ1) is 12.7. The summed E-state index contributed by atoms with van der Waals surface area (Å²) < 4.78 is 5.72. The highest BCUT2D eigenvalue weighted by Gasteiger charge is 2.28. The molecule has 1 heterocycles. The van der Waals surface area contributed by atoms with Gasteiger partial charge in [-0.1, -0.05) is 11.6 Å². The Morgan fingerprint density at radius 2 is 2.18 bits per heavy atom. The maximum Gasteiger partial charge on any atom is 0.0646 e. The van der Waals surface area contributed by atoms with Crippen LogP contribution in [0.25, 0.3) is 0 Å². The smallest absolute Gasteiger partial charge is 0.0646 e. The fourth-order valence-electron chi connectivity index (χ4n) is 2.36. The minimum atomic E-state index is -0.0176. The molecule has 0 aromatic heterocycles. The lowest BCUT2D eigenvalue weighted by atomic mass is 9.93. The third-order valence-corrected chi connectivity index (χ3v) is 3.48. The zero-order valence-corrected chi connectivity index (χ0v) is 11.5. The van der Waals surface area contributed by atoms with Crippen molar-refractivity contribution in [3.05, 3.63) is 28.8 Å². The molecular weight excluding hydrogens is 234 g/mol. The number of anilines is 1. The number of nitrogens with one attached hydrogen (secondary N) is 1. The van der Waals surface area contributed by atoms with Gasteiger partial charge in [-0.2, -0.15) is 0 Å². The van der Waals surface area contributed by atoms with Crippen LogP contribution in [0, 0.1) is 6.92 Å². The Labute approximate surface area is 108 Å². The predicted octanol–water partition coefficient (Wildman–Crippen LogP) is 4.02. The quantitative estimate of drug-likeness (QED) is 0.860. The summed E-state index contributed by atoms with van der Waals surface area (Å²) in [7, 11) is 0. The van der Waals surface area contributed by atoms with Crippen LogP contribution in [-0.4, -0.2) is 18.2 Å². The Bertz CT molecular complexity index is 403. The molecule has 2 rings (SSSR count). The highest BCUT2D eigenvalue weighted by molar-refractivity contribution is 6.30. The normalized spacial score (nSPS) is 23.4. The van der Waals surface area contributed by atoms with Gasteiger partial charge in [0, 0.05) is 23.4 Å². The number of aryl methyl sites for hydroxylation is 1. The van der Waals surface area contributed by atoms with Gasteiger partial charge in [-0.15, -0.1) is 0 Å². The molecule has 0 bridgehead atoms. The fraction of sp³-hybridized carbons (Fsp3) is 0.571. The van der Waals surface area contributed by atoms with Crippen molar-refractivity contribution in [2.24, 2.45) is 0 Å². The molecule has 17 heavy (non-hydrogen) atoms. The second-order valence-electron chi connectivity index (χ2n) is 5.40. The molecule has 1 aliphatic rings. The topological polar surface area (TPSA) is 21.3 Å². The van der Waals surface area contributed by atoms with Gasteiger partial charge in [0.15, 0.2) is 0 Å². The molecule has 1 fully saturated rings. The molecule has 2 nitrogen and oxygen atoms in total. The van der Waals surface area contributed by atoms with E-state index in [4.69, 9.17) is 16.3 Å². The minimum Gasteiger partial charge on any atom is -0.382 e. The number of halogens is 1. The monoisotopic (exact) mass is 253 g/mol. The molecule has 1 saturated heterocycles. The van der Waals surface area contributed by atoms with Gasteiger partial charge in [-0.25, -0.2) is 0 Å². The van der Waals surface area contributed by atoms with Crippen molar-refractivity contribution in [3.63, 3.8) is 0 Å². The molecule has 1 unspecified atom stereocenters. The maximum absolute atomic E-state index is 5.96. The van der Waals surface area contributed by atoms with Gasteiger partial charge in [0.1, 0.15) is 0 Å². The zero-order chi connectivity index (χ0) is 12.5. The summed E-state index contributed by atoms with van der Waals surface area (Å²) >= 11 is 5.96. The maximum atomic E-state index is 5.96. The first-order chi connectivity index (χ1) is 7.96. The Hall–Kier alpha value is -0.730. The third kappa shape index (κ3) is 3.36. The lowest BCUT2D eigenvalue weighted by molar-refractivity contribution is -0.0553. The van der Waals surface area contributed by atoms with E-state index in [9.17, 15) is 0 Å². The molecule has 0 amide bonds. The van der Waals surface area contributed by atoms with Gasteiger partial charge in [0.2, 0.25) is 0 Å². The zero-order valence-electron chi connectivity index (χ0n) is 10.7. The van der Waals surface area contributed by atoms with E-state index in [2.05, 4.69) is 32.2 Å². The second kappa shape index (κ2) is 4.87.